The number of carboxylic acids is 1. The molecule has 2 rings (SSSR count). The number of benzene rings is 2. The minimum absolute atomic E-state index is 0.177. The van der Waals surface area contributed by atoms with Crippen LogP contribution < -0.4 is 5.73 Å². The zero-order chi connectivity index (χ0) is 16.5. The highest BCUT2D eigenvalue weighted by atomic mass is 16.6. The number of aromatic carboxylic acids is 1. The summed E-state index contributed by atoms with van der Waals surface area (Å²) in [4.78, 5) is 23.5. The van der Waals surface area contributed by atoms with Gasteiger partial charge in [0.2, 0.25) is 0 Å². The van der Waals surface area contributed by atoms with E-state index in [2.05, 4.69) is 0 Å². The van der Waals surface area contributed by atoms with Gasteiger partial charge in [0.15, 0.2) is 0 Å². The van der Waals surface area contributed by atoms with Crippen molar-refractivity contribution in [3.8, 4) is 0 Å². The van der Waals surface area contributed by atoms with Gasteiger partial charge in [-0.15, -0.1) is 0 Å². The van der Waals surface area contributed by atoms with Gasteiger partial charge in [0.05, 0.1) is 5.56 Å². The van der Waals surface area contributed by atoms with Gasteiger partial charge in [-0.25, -0.2) is 9.59 Å². The van der Waals surface area contributed by atoms with E-state index in [0.717, 1.165) is 0 Å². The van der Waals surface area contributed by atoms with E-state index in [1.54, 1.807) is 51.1 Å². The molecule has 1 unspecified atom stereocenters. The molecule has 3 N–H and O–H groups in total. The van der Waals surface area contributed by atoms with Crippen molar-refractivity contribution in [1.82, 2.24) is 0 Å². The number of rotatable bonds is 3. The van der Waals surface area contributed by atoms with Crippen molar-refractivity contribution >= 4 is 22.7 Å². The summed E-state index contributed by atoms with van der Waals surface area (Å²) >= 11 is 0. The highest BCUT2D eigenvalue weighted by Gasteiger charge is 2.25. The lowest BCUT2D eigenvalue weighted by Crippen LogP contribution is -2.31. The number of nitrogens with two attached hydrogens (primary N) is 1. The summed E-state index contributed by atoms with van der Waals surface area (Å²) < 4.78 is 5.30. The maximum atomic E-state index is 12.2. The van der Waals surface area contributed by atoms with Crippen molar-refractivity contribution in [2.75, 3.05) is 0 Å². The van der Waals surface area contributed by atoms with Crippen molar-refractivity contribution in [1.29, 1.82) is 0 Å². The van der Waals surface area contributed by atoms with Crippen LogP contribution in [0.25, 0.3) is 10.8 Å². The van der Waals surface area contributed by atoms with Crippen LogP contribution in [0.3, 0.4) is 0 Å². The number of ether oxygens (including phenoxy) is 1. The van der Waals surface area contributed by atoms with E-state index in [0.29, 0.717) is 16.3 Å². The van der Waals surface area contributed by atoms with Gasteiger partial charge in [0, 0.05) is 0 Å². The topological polar surface area (TPSA) is 89.6 Å². The molecule has 0 spiro atoms. The van der Waals surface area contributed by atoms with E-state index in [4.69, 9.17) is 10.5 Å². The first kappa shape index (κ1) is 16.0. The van der Waals surface area contributed by atoms with Gasteiger partial charge in [-0.05, 0) is 43.2 Å². The van der Waals surface area contributed by atoms with Crippen LogP contribution in [0.2, 0.25) is 0 Å². The molecule has 0 bridgehead atoms. The molecule has 0 amide bonds. The lowest BCUT2D eigenvalue weighted by molar-refractivity contribution is -0.156. The summed E-state index contributed by atoms with van der Waals surface area (Å²) in [6, 6.07) is 9.04. The molecule has 0 fully saturated rings. The fourth-order valence-corrected chi connectivity index (χ4v) is 2.27. The molecule has 2 aromatic rings. The zero-order valence-corrected chi connectivity index (χ0v) is 12.8. The predicted octanol–water partition coefficient (Wildman–Crippen LogP) is 2.88. The summed E-state index contributed by atoms with van der Waals surface area (Å²) in [5.74, 6) is -1.56. The molecule has 116 valence electrons. The second kappa shape index (κ2) is 5.77. The summed E-state index contributed by atoms with van der Waals surface area (Å²) in [6.07, 6.45) is 0. The number of carbonyl (C=O) groups is 2. The maximum Gasteiger partial charge on any atom is 0.336 e. The molecule has 0 aromatic heterocycles. The third-order valence-electron chi connectivity index (χ3n) is 3.18. The molecule has 0 aliphatic rings. The Balaban J connectivity index is 2.51. The minimum Gasteiger partial charge on any atom is -0.478 e. The first-order valence-electron chi connectivity index (χ1n) is 6.94. The van der Waals surface area contributed by atoms with Gasteiger partial charge in [0.1, 0.15) is 11.6 Å². The first-order chi connectivity index (χ1) is 10.2. The highest BCUT2D eigenvalue weighted by Crippen LogP contribution is 2.28. The second-order valence-corrected chi connectivity index (χ2v) is 6.06. The van der Waals surface area contributed by atoms with Crippen LogP contribution in [0.4, 0.5) is 0 Å². The first-order valence-corrected chi connectivity index (χ1v) is 6.94. The van der Waals surface area contributed by atoms with Crippen molar-refractivity contribution in [3.05, 3.63) is 47.5 Å². The van der Waals surface area contributed by atoms with Crippen LogP contribution in [0, 0.1) is 0 Å². The third-order valence-corrected chi connectivity index (χ3v) is 3.18. The smallest absolute Gasteiger partial charge is 0.336 e. The van der Waals surface area contributed by atoms with Gasteiger partial charge < -0.3 is 15.6 Å². The molecule has 5 heteroatoms. The number of hydrogen-bond donors (Lipinski definition) is 2. The molecular weight excluding hydrogens is 282 g/mol. The molecule has 1 atom stereocenters. The van der Waals surface area contributed by atoms with Crippen LogP contribution in [0.15, 0.2) is 36.4 Å². The van der Waals surface area contributed by atoms with E-state index in [1.807, 2.05) is 0 Å². The molecule has 0 saturated heterocycles. The Morgan fingerprint density at radius 1 is 1.09 bits per heavy atom. The molecule has 2 aromatic carbocycles. The molecule has 5 nitrogen and oxygen atoms in total. The molecule has 22 heavy (non-hydrogen) atoms. The van der Waals surface area contributed by atoms with E-state index in [1.165, 1.54) is 6.07 Å². The lowest BCUT2D eigenvalue weighted by Gasteiger charge is -2.23. The number of esters is 1. The average molecular weight is 301 g/mol. The van der Waals surface area contributed by atoms with Gasteiger partial charge >= 0.3 is 11.9 Å². The summed E-state index contributed by atoms with van der Waals surface area (Å²) in [5, 5.41) is 10.4. The molecule has 0 heterocycles. The summed E-state index contributed by atoms with van der Waals surface area (Å²) in [6.45, 7) is 5.30. The van der Waals surface area contributed by atoms with Gasteiger partial charge in [-0.3, -0.25) is 0 Å². The summed E-state index contributed by atoms with van der Waals surface area (Å²) in [7, 11) is 0. The Kier molecular flexibility index (Phi) is 4.19. The SMILES string of the molecule is CC(C)(C)OC(=O)C(N)c1ccc(C(=O)O)c2ccccc12. The Labute approximate surface area is 128 Å². The lowest BCUT2D eigenvalue weighted by atomic mass is 9.95. The quantitative estimate of drug-likeness (QED) is 0.851. The molecular formula is C17H19NO4. The number of carbonyl (C=O) groups excluding carboxylic acids is 1. The highest BCUT2D eigenvalue weighted by molar-refractivity contribution is 6.05. The van der Waals surface area contributed by atoms with E-state index >= 15 is 0 Å². The molecule has 0 saturated carbocycles. The van der Waals surface area contributed by atoms with Gasteiger partial charge in [0.25, 0.3) is 0 Å². The van der Waals surface area contributed by atoms with Crippen molar-refractivity contribution in [2.45, 2.75) is 32.4 Å². The minimum atomic E-state index is -1.02. The Morgan fingerprint density at radius 2 is 1.68 bits per heavy atom. The zero-order valence-electron chi connectivity index (χ0n) is 12.8. The van der Waals surface area contributed by atoms with Crippen LogP contribution in [-0.2, 0) is 9.53 Å². The van der Waals surface area contributed by atoms with Crippen molar-refractivity contribution in [2.24, 2.45) is 5.73 Å². The average Bonchev–Trinajstić information content (AvgIpc) is 2.43. The fraction of sp³-hybridized carbons (Fsp3) is 0.294. The Hall–Kier alpha value is -2.40. The second-order valence-electron chi connectivity index (χ2n) is 6.06. The van der Waals surface area contributed by atoms with Crippen molar-refractivity contribution in [3.63, 3.8) is 0 Å². The predicted molar refractivity (Wildman–Crippen MR) is 83.7 cm³/mol. The largest absolute Gasteiger partial charge is 0.478 e. The van der Waals surface area contributed by atoms with Crippen LogP contribution in [-0.4, -0.2) is 22.6 Å². The normalized spacial score (nSPS) is 12.9. The molecule has 0 aliphatic carbocycles. The maximum absolute atomic E-state index is 12.2. The van der Waals surface area contributed by atoms with E-state index in [-0.39, 0.29) is 5.56 Å². The number of hydrogen-bond acceptors (Lipinski definition) is 4. The Bertz CT molecular complexity index is 731. The van der Waals surface area contributed by atoms with Crippen molar-refractivity contribution < 1.29 is 19.4 Å². The van der Waals surface area contributed by atoms with E-state index < -0.39 is 23.6 Å². The fourth-order valence-electron chi connectivity index (χ4n) is 2.27. The monoisotopic (exact) mass is 301 g/mol. The molecule has 0 aliphatic heterocycles. The van der Waals surface area contributed by atoms with Crippen LogP contribution >= 0.6 is 0 Å². The number of fused-ring (bicyclic) bond motifs is 1. The van der Waals surface area contributed by atoms with Gasteiger partial charge in [-0.1, -0.05) is 30.3 Å². The summed E-state index contributed by atoms with van der Waals surface area (Å²) in [5.41, 5.74) is 6.11. The van der Waals surface area contributed by atoms with E-state index in [9.17, 15) is 14.7 Å². The standard InChI is InChI=1S/C17H19NO4/c1-17(2,3)22-16(21)14(18)12-8-9-13(15(19)20)11-7-5-4-6-10(11)12/h4-9,14H,18H2,1-3H3,(H,19,20). The number of carboxylic acid groups (broad SMARTS) is 1. The molecule has 0 radical (unpaired) electrons. The van der Waals surface area contributed by atoms with Gasteiger partial charge in [-0.2, -0.15) is 0 Å². The Morgan fingerprint density at radius 3 is 2.23 bits per heavy atom. The van der Waals surface area contributed by atoms with Crippen LogP contribution in [0.5, 0.6) is 0 Å². The van der Waals surface area contributed by atoms with Crippen LogP contribution in [0.1, 0.15) is 42.7 Å². The third kappa shape index (κ3) is 3.26.